The molecular weight excluding hydrogens is 220 g/mol. The number of nitrogens with two attached hydrogens (primary N) is 1. The minimum absolute atomic E-state index is 0.393. The molecule has 0 spiro atoms. The second kappa shape index (κ2) is 6.61. The van der Waals surface area contributed by atoms with E-state index < -0.39 is 0 Å². The minimum atomic E-state index is 0.393. The maximum atomic E-state index is 8.09. The Bertz CT molecular complexity index is 447. The average molecular weight is 232 g/mol. The maximum Gasteiger partial charge on any atom is 0.104 e. The summed E-state index contributed by atoms with van der Waals surface area (Å²) in [6, 6.07) is 7.67. The molecule has 82 valence electrons. The first-order valence-electron chi connectivity index (χ1n) is 4.81. The van der Waals surface area contributed by atoms with Gasteiger partial charge < -0.3 is 5.73 Å². The van der Waals surface area contributed by atoms with Crippen molar-refractivity contribution in [3.05, 3.63) is 51.9 Å². The van der Waals surface area contributed by atoms with Crippen LogP contribution in [0.3, 0.4) is 0 Å². The Morgan fingerprint density at radius 2 is 2.38 bits per heavy atom. The summed E-state index contributed by atoms with van der Waals surface area (Å²) in [5, 5.41) is 3.44. The summed E-state index contributed by atoms with van der Waals surface area (Å²) in [7, 11) is 0. The Balaban J connectivity index is 2.63. The third-order valence-electron chi connectivity index (χ3n) is 1.94. The van der Waals surface area contributed by atoms with E-state index in [4.69, 9.17) is 23.5 Å². The Morgan fingerprint density at radius 1 is 1.56 bits per heavy atom. The molecule has 0 radical (unpaired) electrons. The molecule has 1 aromatic rings. The van der Waals surface area contributed by atoms with Gasteiger partial charge in [0.15, 0.2) is 0 Å². The van der Waals surface area contributed by atoms with Crippen LogP contribution < -0.4 is 5.73 Å². The van der Waals surface area contributed by atoms with Crippen molar-refractivity contribution in [1.82, 2.24) is 0 Å². The SMILES string of the molecule is [N-]=[N+]=NCCC=Cc1cccc(C(N)=S)c1. The molecule has 4 nitrogen and oxygen atoms in total. The predicted molar refractivity (Wildman–Crippen MR) is 70.0 cm³/mol. The van der Waals surface area contributed by atoms with Crippen LogP contribution in [0.2, 0.25) is 0 Å². The fourth-order valence-electron chi connectivity index (χ4n) is 1.19. The van der Waals surface area contributed by atoms with Crippen LogP contribution >= 0.6 is 12.2 Å². The monoisotopic (exact) mass is 232 g/mol. The number of benzene rings is 1. The van der Waals surface area contributed by atoms with Gasteiger partial charge in [0.25, 0.3) is 0 Å². The number of thiocarbonyl (C=S) groups is 1. The molecule has 0 aliphatic rings. The Morgan fingerprint density at radius 3 is 3.06 bits per heavy atom. The van der Waals surface area contributed by atoms with Gasteiger partial charge in [-0.1, -0.05) is 47.7 Å². The van der Waals surface area contributed by atoms with E-state index in [-0.39, 0.29) is 0 Å². The predicted octanol–water partition coefficient (Wildman–Crippen LogP) is 3.03. The van der Waals surface area contributed by atoms with E-state index in [1.807, 2.05) is 36.4 Å². The van der Waals surface area contributed by atoms with Crippen LogP contribution in [0.15, 0.2) is 35.5 Å². The number of rotatable bonds is 5. The number of hydrogen-bond donors (Lipinski definition) is 1. The Hall–Kier alpha value is -1.84. The summed E-state index contributed by atoms with van der Waals surface area (Å²) in [4.78, 5) is 3.07. The van der Waals surface area contributed by atoms with E-state index in [9.17, 15) is 0 Å². The van der Waals surface area contributed by atoms with Gasteiger partial charge in [0.05, 0.1) is 0 Å². The van der Waals surface area contributed by atoms with E-state index in [1.54, 1.807) is 0 Å². The fraction of sp³-hybridized carbons (Fsp3) is 0.182. The lowest BCUT2D eigenvalue weighted by atomic mass is 10.1. The Labute approximate surface area is 99.4 Å². The molecule has 0 aliphatic heterocycles. The molecule has 0 aromatic heterocycles. The molecule has 2 N–H and O–H groups in total. The molecule has 0 heterocycles. The van der Waals surface area contributed by atoms with Crippen LogP contribution in [-0.4, -0.2) is 11.5 Å². The summed E-state index contributed by atoms with van der Waals surface area (Å²) in [5.41, 5.74) is 15.5. The molecule has 0 fully saturated rings. The van der Waals surface area contributed by atoms with E-state index in [1.165, 1.54) is 0 Å². The van der Waals surface area contributed by atoms with E-state index in [0.29, 0.717) is 11.5 Å². The van der Waals surface area contributed by atoms with Crippen LogP contribution in [0.4, 0.5) is 0 Å². The van der Waals surface area contributed by atoms with Crippen LogP contribution in [0, 0.1) is 0 Å². The molecule has 1 rings (SSSR count). The van der Waals surface area contributed by atoms with Gasteiger partial charge >= 0.3 is 0 Å². The van der Waals surface area contributed by atoms with Crippen molar-refractivity contribution in [1.29, 1.82) is 0 Å². The van der Waals surface area contributed by atoms with Gasteiger partial charge in [-0.3, -0.25) is 0 Å². The van der Waals surface area contributed by atoms with Crippen molar-refractivity contribution in [2.24, 2.45) is 10.8 Å². The zero-order chi connectivity index (χ0) is 11.8. The molecule has 0 atom stereocenters. The highest BCUT2D eigenvalue weighted by molar-refractivity contribution is 7.80. The highest BCUT2D eigenvalue weighted by Gasteiger charge is 1.95. The minimum Gasteiger partial charge on any atom is -0.389 e. The zero-order valence-electron chi connectivity index (χ0n) is 8.71. The average Bonchev–Trinajstić information content (AvgIpc) is 2.29. The van der Waals surface area contributed by atoms with E-state index in [2.05, 4.69) is 10.0 Å². The van der Waals surface area contributed by atoms with Crippen molar-refractivity contribution in [2.75, 3.05) is 6.54 Å². The third-order valence-corrected chi connectivity index (χ3v) is 2.18. The molecule has 1 aromatic carbocycles. The number of azide groups is 1. The molecule has 0 amide bonds. The second-order valence-electron chi connectivity index (χ2n) is 3.14. The summed E-state index contributed by atoms with van der Waals surface area (Å²) in [6.45, 7) is 0.474. The van der Waals surface area contributed by atoms with E-state index in [0.717, 1.165) is 17.5 Å². The van der Waals surface area contributed by atoms with E-state index >= 15 is 0 Å². The van der Waals surface area contributed by atoms with Gasteiger partial charge in [-0.05, 0) is 23.6 Å². The van der Waals surface area contributed by atoms with Crippen molar-refractivity contribution >= 4 is 23.3 Å². The largest absolute Gasteiger partial charge is 0.389 e. The summed E-state index contributed by atoms with van der Waals surface area (Å²) >= 11 is 4.89. The van der Waals surface area contributed by atoms with Crippen LogP contribution in [0.1, 0.15) is 17.5 Å². The van der Waals surface area contributed by atoms with Crippen molar-refractivity contribution in [3.63, 3.8) is 0 Å². The summed E-state index contributed by atoms with van der Waals surface area (Å²) in [6.07, 6.45) is 4.63. The zero-order valence-corrected chi connectivity index (χ0v) is 9.52. The lowest BCUT2D eigenvalue weighted by molar-refractivity contribution is 0.996. The maximum absolute atomic E-state index is 8.09. The van der Waals surface area contributed by atoms with Gasteiger partial charge in [-0.25, -0.2) is 0 Å². The molecule has 5 heteroatoms. The summed E-state index contributed by atoms with van der Waals surface area (Å²) in [5.74, 6) is 0. The lowest BCUT2D eigenvalue weighted by Gasteiger charge is -1.99. The normalized spacial score (nSPS) is 10.0. The van der Waals surface area contributed by atoms with Gasteiger partial charge in [-0.15, -0.1) is 0 Å². The van der Waals surface area contributed by atoms with Gasteiger partial charge in [-0.2, -0.15) is 0 Å². The quantitative estimate of drug-likeness (QED) is 0.278. The molecule has 0 saturated heterocycles. The molecule has 0 saturated carbocycles. The molecule has 0 aliphatic carbocycles. The second-order valence-corrected chi connectivity index (χ2v) is 3.58. The van der Waals surface area contributed by atoms with Crippen LogP contribution in [-0.2, 0) is 0 Å². The molecule has 0 bridgehead atoms. The number of hydrogen-bond acceptors (Lipinski definition) is 2. The van der Waals surface area contributed by atoms with Crippen LogP contribution in [0.25, 0.3) is 16.5 Å². The number of nitrogens with zero attached hydrogens (tertiary/aromatic N) is 3. The standard InChI is InChI=1S/C11H12N4S/c12-11(16)10-6-3-5-9(8-10)4-1-2-7-14-15-13/h1,3-6,8H,2,7H2,(H2,12,16). The first kappa shape index (κ1) is 12.2. The van der Waals surface area contributed by atoms with Gasteiger partial charge in [0.1, 0.15) is 4.99 Å². The van der Waals surface area contributed by atoms with Crippen molar-refractivity contribution < 1.29 is 0 Å². The first-order valence-corrected chi connectivity index (χ1v) is 5.22. The van der Waals surface area contributed by atoms with Crippen LogP contribution in [0.5, 0.6) is 0 Å². The highest BCUT2D eigenvalue weighted by Crippen LogP contribution is 2.07. The van der Waals surface area contributed by atoms with Crippen molar-refractivity contribution in [2.45, 2.75) is 6.42 Å². The summed E-state index contributed by atoms with van der Waals surface area (Å²) < 4.78 is 0. The molecular formula is C11H12N4S. The third kappa shape index (κ3) is 4.13. The first-order chi connectivity index (χ1) is 7.74. The lowest BCUT2D eigenvalue weighted by Crippen LogP contribution is -2.08. The van der Waals surface area contributed by atoms with Gasteiger partial charge in [0.2, 0.25) is 0 Å². The smallest absolute Gasteiger partial charge is 0.104 e. The van der Waals surface area contributed by atoms with Gasteiger partial charge in [0, 0.05) is 17.0 Å². The fourth-order valence-corrected chi connectivity index (χ4v) is 1.32. The topological polar surface area (TPSA) is 74.8 Å². The van der Waals surface area contributed by atoms with Crippen molar-refractivity contribution in [3.8, 4) is 0 Å². The Kier molecular flexibility index (Phi) is 5.05. The molecule has 0 unspecified atom stereocenters. The highest BCUT2D eigenvalue weighted by atomic mass is 32.1. The molecule has 16 heavy (non-hydrogen) atoms.